The molecule has 0 aliphatic heterocycles. The van der Waals surface area contributed by atoms with Crippen LogP contribution >= 0.6 is 0 Å². The van der Waals surface area contributed by atoms with E-state index in [4.69, 9.17) is 5.21 Å². The van der Waals surface area contributed by atoms with E-state index in [9.17, 15) is 19.8 Å². The Kier molecular flexibility index (Phi) is 7.42. The molecule has 1 amide bonds. The Morgan fingerprint density at radius 2 is 2.00 bits per heavy atom. The first kappa shape index (κ1) is 23.7. The van der Waals surface area contributed by atoms with Crippen molar-refractivity contribution in [2.75, 3.05) is 19.7 Å². The number of aryl methyl sites for hydroxylation is 1. The molecule has 1 heterocycles. The summed E-state index contributed by atoms with van der Waals surface area (Å²) in [5.41, 5.74) is 6.94. The number of rotatable bonds is 10. The summed E-state index contributed by atoms with van der Waals surface area (Å²) in [7, 11) is 0. The monoisotopic (exact) mass is 463 g/mol. The minimum Gasteiger partial charge on any atom is -0.480 e. The number of aromatic nitrogens is 1. The Labute approximate surface area is 197 Å². The summed E-state index contributed by atoms with van der Waals surface area (Å²) in [6.45, 7) is 1.28. The van der Waals surface area contributed by atoms with Gasteiger partial charge in [0.2, 0.25) is 0 Å². The number of nitrogens with zero attached hydrogens (tertiary/aromatic N) is 2. The van der Waals surface area contributed by atoms with Crippen molar-refractivity contribution in [2.45, 2.75) is 31.8 Å². The Balaban J connectivity index is 1.52. The first-order valence-electron chi connectivity index (χ1n) is 11.4. The van der Waals surface area contributed by atoms with Crippen LogP contribution in [0.15, 0.2) is 54.7 Å². The molecule has 8 nitrogen and oxygen atoms in total. The molecule has 2 aromatic carbocycles. The maximum absolute atomic E-state index is 11.3. The smallest absolute Gasteiger partial charge is 0.323 e. The number of hydrogen-bond donors (Lipinski definition) is 4. The fraction of sp³-hybridized carbons (Fsp3) is 0.308. The van der Waals surface area contributed by atoms with Crippen LogP contribution in [0.4, 0.5) is 0 Å². The number of para-hydroxylation sites is 1. The van der Waals surface area contributed by atoms with Gasteiger partial charge in [-0.2, -0.15) is 0 Å². The molecule has 1 aromatic heterocycles. The number of aliphatic carboxylic acids is 1. The highest BCUT2D eigenvalue weighted by atomic mass is 16.5. The maximum atomic E-state index is 11.3. The molecule has 1 aliphatic carbocycles. The molecule has 8 heteroatoms. The van der Waals surface area contributed by atoms with Crippen LogP contribution in [0.5, 0.6) is 0 Å². The quantitative estimate of drug-likeness (QED) is 0.209. The third-order valence-electron chi connectivity index (χ3n) is 6.42. The summed E-state index contributed by atoms with van der Waals surface area (Å²) >= 11 is 0. The fourth-order valence-corrected chi connectivity index (χ4v) is 4.92. The highest BCUT2D eigenvalue weighted by Gasteiger charge is 2.28. The summed E-state index contributed by atoms with van der Waals surface area (Å²) < 4.78 is 1.78. The van der Waals surface area contributed by atoms with Crippen LogP contribution in [-0.4, -0.2) is 56.5 Å². The molecule has 3 aromatic rings. The van der Waals surface area contributed by atoms with Crippen LogP contribution in [0.2, 0.25) is 0 Å². The molecule has 0 saturated carbocycles. The number of carbonyl (C=O) groups is 2. The van der Waals surface area contributed by atoms with Gasteiger partial charge in [-0.1, -0.05) is 36.4 Å². The van der Waals surface area contributed by atoms with Gasteiger partial charge in [-0.25, -0.2) is 5.48 Å². The van der Waals surface area contributed by atoms with Crippen LogP contribution in [0.3, 0.4) is 0 Å². The van der Waals surface area contributed by atoms with E-state index >= 15 is 0 Å². The van der Waals surface area contributed by atoms with Gasteiger partial charge in [-0.05, 0) is 53.7 Å². The number of hydroxylamine groups is 1. The summed E-state index contributed by atoms with van der Waals surface area (Å²) in [5, 5.41) is 28.7. The standard InChI is InChI=1S/C26H29N3O5/c30-14-13-28(12-11-20-16-29(17-26(32)33)23-4-2-1-3-21(20)23)24-9-7-19-15-18(5-8-22(19)24)6-10-25(31)27-34/h1-6,8,10,15-16,24,30,34H,7,9,11-14,17H2,(H,27,31)(H,32,33)/b10-6+. The number of fused-ring (bicyclic) bond motifs is 2. The lowest BCUT2D eigenvalue weighted by molar-refractivity contribution is -0.137. The number of nitrogens with one attached hydrogen (secondary N) is 1. The third kappa shape index (κ3) is 5.20. The van der Waals surface area contributed by atoms with Gasteiger partial charge >= 0.3 is 5.97 Å². The largest absolute Gasteiger partial charge is 0.480 e. The van der Waals surface area contributed by atoms with Gasteiger partial charge in [-0.3, -0.25) is 19.7 Å². The van der Waals surface area contributed by atoms with Crippen LogP contribution in [-0.2, 0) is 29.0 Å². The topological polar surface area (TPSA) is 115 Å². The van der Waals surface area contributed by atoms with E-state index < -0.39 is 11.9 Å². The lowest BCUT2D eigenvalue weighted by atomic mass is 10.0. The summed E-state index contributed by atoms with van der Waals surface area (Å²) in [6.07, 6.45) is 7.48. The van der Waals surface area contributed by atoms with E-state index in [1.807, 2.05) is 36.5 Å². The molecule has 0 saturated heterocycles. The predicted octanol–water partition coefficient (Wildman–Crippen LogP) is 2.77. The number of carboxylic acid groups (broad SMARTS) is 1. The number of aliphatic hydroxyl groups excluding tert-OH is 1. The van der Waals surface area contributed by atoms with Gasteiger partial charge in [0.15, 0.2) is 0 Å². The molecular weight excluding hydrogens is 434 g/mol. The Morgan fingerprint density at radius 1 is 1.18 bits per heavy atom. The van der Waals surface area contributed by atoms with Gasteiger partial charge < -0.3 is 14.8 Å². The SMILES string of the molecule is O=C(O)Cn1cc(CCN(CCO)C2CCc3cc(/C=C/C(=O)NO)ccc32)c2ccccc21. The van der Waals surface area contributed by atoms with Crippen LogP contribution in [0.1, 0.15) is 34.7 Å². The molecule has 0 fully saturated rings. The van der Waals surface area contributed by atoms with Crippen molar-refractivity contribution in [1.82, 2.24) is 14.9 Å². The summed E-state index contributed by atoms with van der Waals surface area (Å²) in [5.74, 6) is -1.44. The molecule has 0 bridgehead atoms. The number of aliphatic hydroxyl groups is 1. The second-order valence-electron chi connectivity index (χ2n) is 8.52. The summed E-state index contributed by atoms with van der Waals surface area (Å²) in [6, 6.07) is 14.1. The van der Waals surface area contributed by atoms with Crippen LogP contribution < -0.4 is 5.48 Å². The molecule has 0 radical (unpaired) electrons. The third-order valence-corrected chi connectivity index (χ3v) is 6.42. The fourth-order valence-electron chi connectivity index (χ4n) is 4.92. The lowest BCUT2D eigenvalue weighted by Crippen LogP contribution is -2.32. The molecular formula is C26H29N3O5. The number of carboxylic acids is 1. The highest BCUT2D eigenvalue weighted by Crippen LogP contribution is 2.36. The molecule has 178 valence electrons. The first-order valence-corrected chi connectivity index (χ1v) is 11.4. The van der Waals surface area contributed by atoms with Crippen molar-refractivity contribution >= 4 is 28.9 Å². The maximum Gasteiger partial charge on any atom is 0.323 e. The molecule has 4 rings (SSSR count). The lowest BCUT2D eigenvalue weighted by Gasteiger charge is -2.29. The normalized spacial score (nSPS) is 15.3. The van der Waals surface area contributed by atoms with Crippen molar-refractivity contribution in [3.05, 3.63) is 77.0 Å². The van der Waals surface area contributed by atoms with Crippen molar-refractivity contribution < 1.29 is 25.0 Å². The van der Waals surface area contributed by atoms with E-state index in [0.717, 1.165) is 47.8 Å². The molecule has 1 atom stereocenters. The minimum absolute atomic E-state index is 0.0592. The number of amides is 1. The van der Waals surface area contributed by atoms with Crippen LogP contribution in [0, 0.1) is 0 Å². The van der Waals surface area contributed by atoms with Crippen molar-refractivity contribution in [3.63, 3.8) is 0 Å². The molecule has 1 aliphatic rings. The number of benzene rings is 2. The van der Waals surface area contributed by atoms with Crippen LogP contribution in [0.25, 0.3) is 17.0 Å². The van der Waals surface area contributed by atoms with E-state index in [1.54, 1.807) is 16.1 Å². The Hall–Kier alpha value is -3.46. The molecule has 0 spiro atoms. The van der Waals surface area contributed by atoms with Gasteiger partial charge in [0.05, 0.1) is 6.61 Å². The zero-order valence-electron chi connectivity index (χ0n) is 18.9. The molecule has 1 unspecified atom stereocenters. The summed E-state index contributed by atoms with van der Waals surface area (Å²) in [4.78, 5) is 24.8. The predicted molar refractivity (Wildman–Crippen MR) is 128 cm³/mol. The van der Waals surface area contributed by atoms with Gasteiger partial charge in [0, 0.05) is 42.3 Å². The zero-order valence-corrected chi connectivity index (χ0v) is 18.9. The minimum atomic E-state index is -0.872. The highest BCUT2D eigenvalue weighted by molar-refractivity contribution is 5.90. The second kappa shape index (κ2) is 10.6. The van der Waals surface area contributed by atoms with Gasteiger partial charge in [0.1, 0.15) is 6.54 Å². The van der Waals surface area contributed by atoms with Crippen molar-refractivity contribution in [1.29, 1.82) is 0 Å². The Bertz CT molecular complexity index is 1220. The zero-order chi connectivity index (χ0) is 24.1. The van der Waals surface area contributed by atoms with E-state index in [2.05, 4.69) is 17.0 Å². The van der Waals surface area contributed by atoms with E-state index in [1.165, 1.54) is 17.2 Å². The van der Waals surface area contributed by atoms with Crippen molar-refractivity contribution in [2.24, 2.45) is 0 Å². The van der Waals surface area contributed by atoms with E-state index in [0.29, 0.717) is 6.54 Å². The number of carbonyl (C=O) groups excluding carboxylic acids is 1. The second-order valence-corrected chi connectivity index (χ2v) is 8.52. The van der Waals surface area contributed by atoms with Gasteiger partial charge in [-0.15, -0.1) is 0 Å². The molecule has 34 heavy (non-hydrogen) atoms. The van der Waals surface area contributed by atoms with Gasteiger partial charge in [0.25, 0.3) is 5.91 Å². The molecule has 4 N–H and O–H groups in total. The van der Waals surface area contributed by atoms with Crippen molar-refractivity contribution in [3.8, 4) is 0 Å². The van der Waals surface area contributed by atoms with E-state index in [-0.39, 0.29) is 19.2 Å². The average Bonchev–Trinajstić information content (AvgIpc) is 3.41. The Morgan fingerprint density at radius 3 is 2.76 bits per heavy atom. The average molecular weight is 464 g/mol. The number of hydrogen-bond acceptors (Lipinski definition) is 5. The first-order chi connectivity index (χ1) is 16.5.